The smallest absolute Gasteiger partial charge is 0.319 e. The lowest BCUT2D eigenvalue weighted by atomic mass is 10.2. The molecule has 0 atom stereocenters. The molecule has 0 radical (unpaired) electrons. The van der Waals surface area contributed by atoms with Crippen LogP contribution in [0.2, 0.25) is 0 Å². The number of carbonyl (C=O) groups is 2. The number of urea groups is 1. The van der Waals surface area contributed by atoms with Crippen LogP contribution in [0, 0.1) is 11.6 Å². The van der Waals surface area contributed by atoms with Crippen molar-refractivity contribution in [2.75, 3.05) is 17.2 Å². The largest absolute Gasteiger partial charge is 0.322 e. The van der Waals surface area contributed by atoms with Gasteiger partial charge in [0.05, 0.1) is 12.2 Å². The van der Waals surface area contributed by atoms with E-state index in [0.717, 1.165) is 22.7 Å². The van der Waals surface area contributed by atoms with Crippen LogP contribution < -0.4 is 10.6 Å². The minimum absolute atomic E-state index is 0.217. The van der Waals surface area contributed by atoms with Gasteiger partial charge in [0, 0.05) is 24.8 Å². The van der Waals surface area contributed by atoms with Gasteiger partial charge >= 0.3 is 6.03 Å². The molecule has 1 aliphatic rings. The van der Waals surface area contributed by atoms with Gasteiger partial charge in [-0.2, -0.15) is 0 Å². The maximum Gasteiger partial charge on any atom is 0.322 e. The Balaban J connectivity index is 1.72. The fourth-order valence-electron chi connectivity index (χ4n) is 2.38. The van der Waals surface area contributed by atoms with Gasteiger partial charge in [0.25, 0.3) is 0 Å². The molecule has 1 aromatic heterocycles. The van der Waals surface area contributed by atoms with Crippen molar-refractivity contribution >= 4 is 34.1 Å². The van der Waals surface area contributed by atoms with Crippen molar-refractivity contribution in [2.45, 2.75) is 19.9 Å². The first-order valence-corrected chi connectivity index (χ1v) is 8.02. The zero-order valence-electron chi connectivity index (χ0n) is 12.7. The Hall–Kier alpha value is -2.55. The third-order valence-corrected chi connectivity index (χ3v) is 4.49. The van der Waals surface area contributed by atoms with Gasteiger partial charge in [-0.05, 0) is 12.1 Å². The van der Waals surface area contributed by atoms with E-state index < -0.39 is 23.4 Å². The molecule has 0 fully saturated rings. The third-order valence-electron chi connectivity index (χ3n) is 3.50. The monoisotopic (exact) mass is 352 g/mol. The normalized spacial score (nSPS) is 13.4. The van der Waals surface area contributed by atoms with Crippen molar-refractivity contribution < 1.29 is 18.4 Å². The van der Waals surface area contributed by atoms with Crippen LogP contribution >= 0.6 is 11.3 Å². The number of fused-ring (bicyclic) bond motifs is 1. The summed E-state index contributed by atoms with van der Waals surface area (Å²) in [5.74, 6) is -1.87. The first-order chi connectivity index (χ1) is 11.4. The van der Waals surface area contributed by atoms with Crippen LogP contribution in [-0.2, 0) is 17.8 Å². The fraction of sp³-hybridized carbons (Fsp3) is 0.267. The second kappa shape index (κ2) is 6.52. The van der Waals surface area contributed by atoms with Gasteiger partial charge in [-0.1, -0.05) is 17.4 Å². The minimum atomic E-state index is -0.827. The Labute approximate surface area is 140 Å². The lowest BCUT2D eigenvalue weighted by Gasteiger charge is -2.26. The highest BCUT2D eigenvalue weighted by molar-refractivity contribution is 7.15. The van der Waals surface area contributed by atoms with Crippen molar-refractivity contribution in [2.24, 2.45) is 0 Å². The predicted octanol–water partition coefficient (Wildman–Crippen LogP) is 2.97. The highest BCUT2D eigenvalue weighted by Crippen LogP contribution is 2.29. The maximum atomic E-state index is 13.6. The number of nitrogens with one attached hydrogen (secondary N) is 2. The van der Waals surface area contributed by atoms with E-state index in [1.54, 1.807) is 0 Å². The summed E-state index contributed by atoms with van der Waals surface area (Å²) in [5.41, 5.74) is 0.362. The SMILES string of the molecule is CC(=O)Nc1nc2c(s1)CN(C(=O)Nc1c(F)cccc1F)CC2. The van der Waals surface area contributed by atoms with E-state index in [1.807, 2.05) is 0 Å². The van der Waals surface area contributed by atoms with Crippen LogP contribution in [0.4, 0.5) is 24.4 Å². The number of hydrogen-bond donors (Lipinski definition) is 2. The van der Waals surface area contributed by atoms with Crippen molar-refractivity contribution in [3.8, 4) is 0 Å². The van der Waals surface area contributed by atoms with Crippen LogP contribution in [0.15, 0.2) is 18.2 Å². The summed E-state index contributed by atoms with van der Waals surface area (Å²) in [5, 5.41) is 5.36. The molecular formula is C15H14F2N4O2S. The molecule has 2 heterocycles. The van der Waals surface area contributed by atoms with Crippen LogP contribution in [0.5, 0.6) is 0 Å². The molecule has 0 bridgehead atoms. The predicted molar refractivity (Wildman–Crippen MR) is 85.9 cm³/mol. The molecule has 0 unspecified atom stereocenters. The molecule has 6 nitrogen and oxygen atoms in total. The second-order valence-electron chi connectivity index (χ2n) is 5.27. The zero-order chi connectivity index (χ0) is 17.3. The lowest BCUT2D eigenvalue weighted by molar-refractivity contribution is -0.114. The molecule has 1 aromatic carbocycles. The molecule has 0 spiro atoms. The molecule has 0 aliphatic carbocycles. The number of anilines is 2. The number of rotatable bonds is 2. The summed E-state index contributed by atoms with van der Waals surface area (Å²) in [6.45, 7) is 2.04. The number of para-hydroxylation sites is 1. The summed E-state index contributed by atoms with van der Waals surface area (Å²) >= 11 is 1.28. The molecule has 0 saturated heterocycles. The molecule has 2 aromatic rings. The van der Waals surface area contributed by atoms with Crippen LogP contribution in [0.25, 0.3) is 0 Å². The van der Waals surface area contributed by atoms with E-state index in [2.05, 4.69) is 15.6 Å². The van der Waals surface area contributed by atoms with Gasteiger partial charge in [-0.3, -0.25) is 4.79 Å². The van der Waals surface area contributed by atoms with Crippen molar-refractivity contribution in [1.29, 1.82) is 0 Å². The number of hydrogen-bond acceptors (Lipinski definition) is 4. The average Bonchev–Trinajstić information content (AvgIpc) is 2.91. The number of benzene rings is 1. The molecule has 2 N–H and O–H groups in total. The quantitative estimate of drug-likeness (QED) is 0.873. The topological polar surface area (TPSA) is 74.3 Å². The Morgan fingerprint density at radius 2 is 1.96 bits per heavy atom. The van der Waals surface area contributed by atoms with E-state index in [9.17, 15) is 18.4 Å². The summed E-state index contributed by atoms with van der Waals surface area (Å²) in [6, 6.07) is 2.80. The molecule has 126 valence electrons. The molecule has 0 saturated carbocycles. The number of amides is 3. The van der Waals surface area contributed by atoms with Crippen LogP contribution in [-0.4, -0.2) is 28.4 Å². The van der Waals surface area contributed by atoms with Gasteiger partial charge < -0.3 is 15.5 Å². The zero-order valence-corrected chi connectivity index (χ0v) is 13.5. The maximum absolute atomic E-state index is 13.6. The molecule has 1 aliphatic heterocycles. The van der Waals surface area contributed by atoms with E-state index in [0.29, 0.717) is 18.1 Å². The average molecular weight is 352 g/mol. The third kappa shape index (κ3) is 3.35. The summed E-state index contributed by atoms with van der Waals surface area (Å²) in [6.07, 6.45) is 0.512. The molecule has 24 heavy (non-hydrogen) atoms. The standard InChI is InChI=1S/C15H14F2N4O2S/c1-8(22)18-14-19-11-5-6-21(7-12(11)24-14)15(23)20-13-9(16)3-2-4-10(13)17/h2-4H,5-7H2,1H3,(H,20,23)(H,18,19,22). The summed E-state index contributed by atoms with van der Waals surface area (Å²) < 4.78 is 27.2. The molecule has 9 heteroatoms. The summed E-state index contributed by atoms with van der Waals surface area (Å²) in [4.78, 5) is 29.9. The number of thiazole rings is 1. The summed E-state index contributed by atoms with van der Waals surface area (Å²) in [7, 11) is 0. The Kier molecular flexibility index (Phi) is 4.43. The van der Waals surface area contributed by atoms with Crippen molar-refractivity contribution in [3.63, 3.8) is 0 Å². The number of carbonyl (C=O) groups excluding carboxylic acids is 2. The molecular weight excluding hydrogens is 338 g/mol. The van der Waals surface area contributed by atoms with Gasteiger partial charge in [0.1, 0.15) is 17.3 Å². The van der Waals surface area contributed by atoms with E-state index in [-0.39, 0.29) is 12.5 Å². The van der Waals surface area contributed by atoms with Crippen LogP contribution in [0.1, 0.15) is 17.5 Å². The number of halogens is 2. The number of nitrogens with zero attached hydrogens (tertiary/aromatic N) is 2. The number of aromatic nitrogens is 1. The Morgan fingerprint density at radius 1 is 1.25 bits per heavy atom. The lowest BCUT2D eigenvalue weighted by Crippen LogP contribution is -2.38. The molecule has 3 rings (SSSR count). The first-order valence-electron chi connectivity index (χ1n) is 7.20. The highest BCUT2D eigenvalue weighted by Gasteiger charge is 2.25. The van der Waals surface area contributed by atoms with Gasteiger partial charge in [0.2, 0.25) is 5.91 Å². The van der Waals surface area contributed by atoms with E-state index in [1.165, 1.54) is 29.2 Å². The van der Waals surface area contributed by atoms with E-state index in [4.69, 9.17) is 0 Å². The van der Waals surface area contributed by atoms with E-state index >= 15 is 0 Å². The minimum Gasteiger partial charge on any atom is -0.319 e. The second-order valence-corrected chi connectivity index (χ2v) is 6.35. The van der Waals surface area contributed by atoms with Gasteiger partial charge in [0.15, 0.2) is 5.13 Å². The Morgan fingerprint density at radius 3 is 2.62 bits per heavy atom. The van der Waals surface area contributed by atoms with Crippen molar-refractivity contribution in [1.82, 2.24) is 9.88 Å². The van der Waals surface area contributed by atoms with Gasteiger partial charge in [-0.25, -0.2) is 18.6 Å². The Bertz CT molecular complexity index is 789. The highest BCUT2D eigenvalue weighted by atomic mass is 32.1. The molecule has 3 amide bonds. The van der Waals surface area contributed by atoms with Crippen LogP contribution in [0.3, 0.4) is 0 Å². The first kappa shape index (κ1) is 16.3. The van der Waals surface area contributed by atoms with Crippen molar-refractivity contribution in [3.05, 3.63) is 40.4 Å². The van der Waals surface area contributed by atoms with Gasteiger partial charge in [-0.15, -0.1) is 0 Å². The fourth-order valence-corrected chi connectivity index (χ4v) is 3.45.